The van der Waals surface area contributed by atoms with Crippen LogP contribution in [-0.4, -0.2) is 36.2 Å². The van der Waals surface area contributed by atoms with Crippen molar-refractivity contribution in [2.45, 2.75) is 66.6 Å². The zero-order valence-electron chi connectivity index (χ0n) is 14.0. The number of rotatable bonds is 4. The predicted octanol–water partition coefficient (Wildman–Crippen LogP) is 4.16. The van der Waals surface area contributed by atoms with E-state index in [-0.39, 0.29) is 16.6 Å². The van der Waals surface area contributed by atoms with Crippen LogP contribution in [0.1, 0.15) is 55.4 Å². The fourth-order valence-electron chi connectivity index (χ4n) is 3.02. The predicted molar refractivity (Wildman–Crippen MR) is 84.4 cm³/mol. The molecule has 0 rings (SSSR count). The summed E-state index contributed by atoms with van der Waals surface area (Å²) in [7, 11) is -1.94. The van der Waals surface area contributed by atoms with Gasteiger partial charge in [0.2, 0.25) is 0 Å². The van der Waals surface area contributed by atoms with Crippen molar-refractivity contribution < 1.29 is 9.53 Å². The minimum atomic E-state index is -1.94. The second-order valence-electron chi connectivity index (χ2n) is 8.61. The zero-order chi connectivity index (χ0) is 15.0. The van der Waals surface area contributed by atoms with Crippen LogP contribution < -0.4 is 0 Å². The molecular formula is C15H33O2P. The Balaban J connectivity index is 4.92. The SMILES string of the molecule is CC(C)(C)OC(C)(C)C[PH](C)(C)C(=O)C(C)(C)C. The number of ether oxygens (including phenoxy) is 1. The summed E-state index contributed by atoms with van der Waals surface area (Å²) in [6, 6.07) is 0. The first kappa shape index (κ1) is 18.1. The molecule has 0 aliphatic carbocycles. The third kappa shape index (κ3) is 6.29. The third-order valence-electron chi connectivity index (χ3n) is 2.75. The fraction of sp³-hybridized carbons (Fsp3) is 0.933. The molecule has 110 valence electrons. The summed E-state index contributed by atoms with van der Waals surface area (Å²) in [6.45, 7) is 20.8. The summed E-state index contributed by atoms with van der Waals surface area (Å²) in [5.41, 5.74) is -0.221. The van der Waals surface area contributed by atoms with Gasteiger partial charge in [-0.05, 0) is 0 Å². The number of carbonyl (C=O) groups is 1. The molecule has 0 spiro atoms. The van der Waals surface area contributed by atoms with Gasteiger partial charge in [0.05, 0.1) is 0 Å². The molecule has 3 heteroatoms. The van der Waals surface area contributed by atoms with E-state index in [9.17, 15) is 4.79 Å². The van der Waals surface area contributed by atoms with Crippen molar-refractivity contribution in [1.82, 2.24) is 0 Å². The van der Waals surface area contributed by atoms with Crippen molar-refractivity contribution >= 4 is 12.8 Å². The second kappa shape index (κ2) is 5.21. The maximum atomic E-state index is 12.5. The van der Waals surface area contributed by atoms with Crippen molar-refractivity contribution in [2.75, 3.05) is 19.5 Å². The molecule has 18 heavy (non-hydrogen) atoms. The Bertz CT molecular complexity index is 303. The van der Waals surface area contributed by atoms with Crippen LogP contribution in [0.2, 0.25) is 0 Å². The summed E-state index contributed by atoms with van der Waals surface area (Å²) < 4.78 is 6.11. The van der Waals surface area contributed by atoms with Crippen LogP contribution in [0.3, 0.4) is 0 Å². The fourth-order valence-corrected chi connectivity index (χ4v) is 7.42. The number of hydrogen-bond donors (Lipinski definition) is 0. The Morgan fingerprint density at radius 2 is 1.33 bits per heavy atom. The Kier molecular flexibility index (Phi) is 5.23. The molecule has 0 aromatic carbocycles. The first-order valence-corrected chi connectivity index (χ1v) is 10.0. The monoisotopic (exact) mass is 276 g/mol. The van der Waals surface area contributed by atoms with E-state index in [1.807, 2.05) is 20.8 Å². The van der Waals surface area contributed by atoms with Crippen molar-refractivity contribution in [2.24, 2.45) is 5.41 Å². The molecule has 0 heterocycles. The van der Waals surface area contributed by atoms with Crippen LogP contribution >= 0.6 is 7.26 Å². The first-order valence-electron chi connectivity index (χ1n) is 6.82. The third-order valence-corrected chi connectivity index (χ3v) is 6.46. The van der Waals surface area contributed by atoms with E-state index in [2.05, 4.69) is 47.9 Å². The molecule has 0 N–H and O–H groups in total. The molecular weight excluding hydrogens is 243 g/mol. The van der Waals surface area contributed by atoms with E-state index in [1.165, 1.54) is 0 Å². The van der Waals surface area contributed by atoms with Gasteiger partial charge in [-0.1, -0.05) is 0 Å². The number of carbonyl (C=O) groups excluding carboxylic acids is 1. The molecule has 0 unspecified atom stereocenters. The van der Waals surface area contributed by atoms with Gasteiger partial charge in [-0.15, -0.1) is 0 Å². The average molecular weight is 276 g/mol. The number of hydrogen-bond acceptors (Lipinski definition) is 2. The van der Waals surface area contributed by atoms with Crippen LogP contribution in [0.15, 0.2) is 0 Å². The van der Waals surface area contributed by atoms with Crippen LogP contribution in [0.5, 0.6) is 0 Å². The van der Waals surface area contributed by atoms with Crippen molar-refractivity contribution in [3.63, 3.8) is 0 Å². The Morgan fingerprint density at radius 3 is 1.61 bits per heavy atom. The summed E-state index contributed by atoms with van der Waals surface area (Å²) in [4.78, 5) is 12.5. The van der Waals surface area contributed by atoms with Gasteiger partial charge in [-0.25, -0.2) is 0 Å². The van der Waals surface area contributed by atoms with E-state index in [0.717, 1.165) is 6.16 Å². The van der Waals surface area contributed by atoms with Gasteiger partial charge in [0, 0.05) is 0 Å². The topological polar surface area (TPSA) is 26.3 Å². The van der Waals surface area contributed by atoms with Crippen LogP contribution in [0, 0.1) is 5.41 Å². The van der Waals surface area contributed by atoms with Gasteiger partial charge >= 0.3 is 114 Å². The first-order chi connectivity index (χ1) is 7.57. The van der Waals surface area contributed by atoms with Crippen molar-refractivity contribution in [3.05, 3.63) is 0 Å². The van der Waals surface area contributed by atoms with Gasteiger partial charge in [-0.2, -0.15) is 0 Å². The van der Waals surface area contributed by atoms with Gasteiger partial charge in [-0.3, -0.25) is 0 Å². The Hall–Kier alpha value is 0.0600. The molecule has 0 aromatic rings. The molecule has 0 bridgehead atoms. The van der Waals surface area contributed by atoms with Crippen molar-refractivity contribution in [1.29, 1.82) is 0 Å². The molecule has 0 saturated heterocycles. The summed E-state index contributed by atoms with van der Waals surface area (Å²) in [5, 5.41) is 0. The van der Waals surface area contributed by atoms with Gasteiger partial charge in [0.25, 0.3) is 0 Å². The van der Waals surface area contributed by atoms with E-state index >= 15 is 0 Å². The average Bonchev–Trinajstić information content (AvgIpc) is 1.93. The molecule has 0 radical (unpaired) electrons. The Morgan fingerprint density at radius 1 is 0.944 bits per heavy atom. The van der Waals surface area contributed by atoms with Gasteiger partial charge in [0.15, 0.2) is 0 Å². The molecule has 0 amide bonds. The van der Waals surface area contributed by atoms with E-state index in [0.29, 0.717) is 5.52 Å². The Labute approximate surface area is 114 Å². The summed E-state index contributed by atoms with van der Waals surface area (Å²) >= 11 is 0. The summed E-state index contributed by atoms with van der Waals surface area (Å²) in [5.74, 6) is 0. The molecule has 2 nitrogen and oxygen atoms in total. The molecule has 0 atom stereocenters. The molecule has 0 saturated carbocycles. The minimum absolute atomic E-state index is 0.168. The molecule has 0 aromatic heterocycles. The van der Waals surface area contributed by atoms with Gasteiger partial charge < -0.3 is 0 Å². The second-order valence-corrected chi connectivity index (χ2v) is 13.2. The standard InChI is InChI=1S/C15H33O2P/c1-13(2,3)12(16)18(9,10)11-15(7,8)17-14(4,5)6/h18H,11H2,1-10H3. The van der Waals surface area contributed by atoms with Crippen LogP contribution in [-0.2, 0) is 9.53 Å². The van der Waals surface area contributed by atoms with E-state index in [1.54, 1.807) is 0 Å². The normalized spacial score (nSPS) is 15.7. The van der Waals surface area contributed by atoms with Crippen LogP contribution in [0.25, 0.3) is 0 Å². The maximum absolute atomic E-state index is 12.5. The van der Waals surface area contributed by atoms with E-state index in [4.69, 9.17) is 4.74 Å². The zero-order valence-corrected chi connectivity index (χ0v) is 15.0. The van der Waals surface area contributed by atoms with E-state index < -0.39 is 7.26 Å². The molecule has 0 aliphatic rings. The van der Waals surface area contributed by atoms with Crippen LogP contribution in [0.4, 0.5) is 0 Å². The summed E-state index contributed by atoms with van der Waals surface area (Å²) in [6.07, 6.45) is 0.868. The molecule has 0 fully saturated rings. The van der Waals surface area contributed by atoms with Crippen molar-refractivity contribution in [3.8, 4) is 0 Å². The molecule has 0 aliphatic heterocycles. The quantitative estimate of drug-likeness (QED) is 0.721. The van der Waals surface area contributed by atoms with Gasteiger partial charge in [0.1, 0.15) is 0 Å².